The summed E-state index contributed by atoms with van der Waals surface area (Å²) in [7, 11) is 0. The topological polar surface area (TPSA) is 56.7 Å². The highest BCUT2D eigenvalue weighted by Crippen LogP contribution is 2.45. The maximum absolute atomic E-state index is 6.68. The number of rotatable bonds is 5. The second-order valence-corrected chi connectivity index (χ2v) is 16.0. The van der Waals surface area contributed by atoms with Gasteiger partial charge in [0.05, 0.1) is 16.7 Å². The van der Waals surface area contributed by atoms with Crippen LogP contribution in [0, 0.1) is 0 Å². The monoisotopic (exact) mass is 790 g/mol. The number of benzene rings is 10. The molecule has 3 heterocycles. The van der Waals surface area contributed by atoms with Gasteiger partial charge in [0.2, 0.25) is 0 Å². The Bertz CT molecular complexity index is 3940. The quantitative estimate of drug-likeness (QED) is 0.174. The molecule has 0 amide bonds. The lowest BCUT2D eigenvalue weighted by Gasteiger charge is -2.17. The van der Waals surface area contributed by atoms with Crippen LogP contribution in [-0.4, -0.2) is 19.5 Å². The molecule has 10 aromatic carbocycles. The minimum atomic E-state index is 0.595. The van der Waals surface area contributed by atoms with Crippen LogP contribution in [0.1, 0.15) is 0 Å². The van der Waals surface area contributed by atoms with Crippen LogP contribution in [0.4, 0.5) is 0 Å². The van der Waals surface area contributed by atoms with Gasteiger partial charge in [-0.15, -0.1) is 0 Å². The van der Waals surface area contributed by atoms with E-state index in [4.69, 9.17) is 19.4 Å². The van der Waals surface area contributed by atoms with Gasteiger partial charge < -0.3 is 8.98 Å². The zero-order valence-corrected chi connectivity index (χ0v) is 33.3. The minimum absolute atomic E-state index is 0.595. The molecule has 0 saturated heterocycles. The van der Waals surface area contributed by atoms with E-state index in [-0.39, 0.29) is 0 Å². The molecule has 0 unspecified atom stereocenters. The molecule has 3 aromatic heterocycles. The fourth-order valence-corrected chi connectivity index (χ4v) is 9.49. The van der Waals surface area contributed by atoms with Crippen molar-refractivity contribution in [2.75, 3.05) is 0 Å². The fraction of sp³-hybridized carbons (Fsp3) is 0. The smallest absolute Gasteiger partial charge is 0.164 e. The minimum Gasteiger partial charge on any atom is -0.456 e. The van der Waals surface area contributed by atoms with Crippen LogP contribution in [0.3, 0.4) is 0 Å². The van der Waals surface area contributed by atoms with Gasteiger partial charge in [0.25, 0.3) is 0 Å². The van der Waals surface area contributed by atoms with Crippen molar-refractivity contribution in [1.29, 1.82) is 0 Å². The Hall–Kier alpha value is -8.41. The SMILES string of the molecule is c1ccc(-c2nc(-c3ccc(-n4c5ccccc5c5cc6ccccc6cc54)c(-c4cccc5oc6ccc7ccccc7c6c45)c3)nc(-c3ccc4ccccc4c3)n2)cc1. The Morgan fingerprint density at radius 1 is 0.323 bits per heavy atom. The molecule has 0 aliphatic carbocycles. The summed E-state index contributed by atoms with van der Waals surface area (Å²) in [5.74, 6) is 1.83. The van der Waals surface area contributed by atoms with Crippen molar-refractivity contribution in [3.05, 3.63) is 206 Å². The van der Waals surface area contributed by atoms with Gasteiger partial charge in [0.15, 0.2) is 17.5 Å². The molecule has 62 heavy (non-hydrogen) atoms. The van der Waals surface area contributed by atoms with Crippen LogP contribution in [0.2, 0.25) is 0 Å². The summed E-state index contributed by atoms with van der Waals surface area (Å²) in [4.78, 5) is 15.6. The first-order valence-electron chi connectivity index (χ1n) is 20.9. The Labute approximate surface area is 355 Å². The molecule has 0 saturated carbocycles. The van der Waals surface area contributed by atoms with Crippen LogP contribution in [0.25, 0.3) is 127 Å². The van der Waals surface area contributed by atoms with Crippen molar-refractivity contribution < 1.29 is 4.42 Å². The third-order valence-corrected chi connectivity index (χ3v) is 12.4. The van der Waals surface area contributed by atoms with Crippen LogP contribution in [0.15, 0.2) is 211 Å². The van der Waals surface area contributed by atoms with E-state index in [9.17, 15) is 0 Å². The average molecular weight is 791 g/mol. The maximum atomic E-state index is 6.68. The number of aromatic nitrogens is 4. The van der Waals surface area contributed by atoms with Gasteiger partial charge in [-0.1, -0.05) is 152 Å². The van der Waals surface area contributed by atoms with E-state index in [1.165, 1.54) is 32.3 Å². The molecule has 5 heteroatoms. The lowest BCUT2D eigenvalue weighted by Crippen LogP contribution is -2.02. The zero-order chi connectivity index (χ0) is 40.7. The number of fused-ring (bicyclic) bond motifs is 10. The van der Waals surface area contributed by atoms with Crippen molar-refractivity contribution in [1.82, 2.24) is 19.5 Å². The van der Waals surface area contributed by atoms with E-state index in [1.54, 1.807) is 0 Å². The summed E-state index contributed by atoms with van der Waals surface area (Å²) in [6, 6.07) is 72.9. The van der Waals surface area contributed by atoms with Crippen molar-refractivity contribution in [3.63, 3.8) is 0 Å². The van der Waals surface area contributed by atoms with Crippen molar-refractivity contribution in [2.45, 2.75) is 0 Å². The molecule has 0 radical (unpaired) electrons. The van der Waals surface area contributed by atoms with Crippen LogP contribution >= 0.6 is 0 Å². The van der Waals surface area contributed by atoms with Crippen molar-refractivity contribution in [3.8, 4) is 51.0 Å². The molecule has 5 nitrogen and oxygen atoms in total. The molecule has 0 N–H and O–H groups in total. The highest BCUT2D eigenvalue weighted by Gasteiger charge is 2.22. The van der Waals surface area contributed by atoms with Gasteiger partial charge in [0.1, 0.15) is 11.2 Å². The van der Waals surface area contributed by atoms with Gasteiger partial charge in [-0.05, 0) is 92.5 Å². The highest BCUT2D eigenvalue weighted by atomic mass is 16.3. The zero-order valence-electron chi connectivity index (χ0n) is 33.3. The molecule has 0 bridgehead atoms. The third-order valence-electron chi connectivity index (χ3n) is 12.4. The first-order chi connectivity index (χ1) is 30.7. The Morgan fingerprint density at radius 3 is 1.73 bits per heavy atom. The molecule has 0 atom stereocenters. The summed E-state index contributed by atoms with van der Waals surface area (Å²) in [5, 5.41) is 11.6. The first kappa shape index (κ1) is 34.5. The van der Waals surface area contributed by atoms with E-state index in [0.717, 1.165) is 77.2 Å². The molecule has 0 fully saturated rings. The standard InChI is InChI=1S/C57H34N4O/c1-2-15-37(16-3-1)55-58-56(41-26-25-35-13-4-5-17-38(35)31-41)60-57(59-55)42-27-29-49(61-48-23-11-10-21-44(48)46-32-39-18-6-7-19-40(39)34-50(46)61)47(33-42)45-22-12-24-51-54(45)53-43-20-9-8-14-36(43)28-30-52(53)62-51/h1-34H. The Balaban J connectivity index is 1.13. The maximum Gasteiger partial charge on any atom is 0.164 e. The molecule has 288 valence electrons. The Kier molecular flexibility index (Phi) is 7.54. The third kappa shape index (κ3) is 5.38. The summed E-state index contributed by atoms with van der Waals surface area (Å²) in [6.07, 6.45) is 0. The van der Waals surface area contributed by atoms with E-state index >= 15 is 0 Å². The number of hydrogen-bond acceptors (Lipinski definition) is 4. The largest absolute Gasteiger partial charge is 0.456 e. The summed E-state index contributed by atoms with van der Waals surface area (Å²) in [6.45, 7) is 0. The second kappa shape index (κ2) is 13.6. The molecule has 13 rings (SSSR count). The number of furan rings is 1. The molecule has 0 spiro atoms. The molecule has 0 aliphatic rings. The van der Waals surface area contributed by atoms with E-state index in [2.05, 4.69) is 193 Å². The highest BCUT2D eigenvalue weighted by molar-refractivity contribution is 6.23. The van der Waals surface area contributed by atoms with Gasteiger partial charge in [-0.2, -0.15) is 0 Å². The lowest BCUT2D eigenvalue weighted by molar-refractivity contribution is 0.669. The molecule has 0 aliphatic heterocycles. The number of nitrogens with zero attached hydrogens (tertiary/aromatic N) is 4. The molecular weight excluding hydrogens is 757 g/mol. The predicted octanol–water partition coefficient (Wildman–Crippen LogP) is 15.0. The van der Waals surface area contributed by atoms with Gasteiger partial charge in [-0.3, -0.25) is 0 Å². The van der Waals surface area contributed by atoms with Crippen LogP contribution in [-0.2, 0) is 0 Å². The predicted molar refractivity (Wildman–Crippen MR) is 256 cm³/mol. The number of para-hydroxylation sites is 1. The number of hydrogen-bond donors (Lipinski definition) is 0. The summed E-state index contributed by atoms with van der Waals surface area (Å²) in [5.41, 5.74) is 9.85. The van der Waals surface area contributed by atoms with Crippen LogP contribution in [0.5, 0.6) is 0 Å². The van der Waals surface area contributed by atoms with Crippen molar-refractivity contribution in [2.24, 2.45) is 0 Å². The van der Waals surface area contributed by atoms with E-state index < -0.39 is 0 Å². The molecule has 13 aromatic rings. The van der Waals surface area contributed by atoms with E-state index in [0.29, 0.717) is 17.5 Å². The average Bonchev–Trinajstić information content (AvgIpc) is 3.89. The first-order valence-corrected chi connectivity index (χ1v) is 20.9. The van der Waals surface area contributed by atoms with Gasteiger partial charge in [-0.25, -0.2) is 15.0 Å². The normalized spacial score (nSPS) is 11.9. The molecular formula is C57H34N4O. The van der Waals surface area contributed by atoms with E-state index in [1.807, 2.05) is 18.2 Å². The van der Waals surface area contributed by atoms with Crippen LogP contribution < -0.4 is 0 Å². The Morgan fingerprint density at radius 2 is 0.919 bits per heavy atom. The van der Waals surface area contributed by atoms with Gasteiger partial charge >= 0.3 is 0 Å². The van der Waals surface area contributed by atoms with Gasteiger partial charge in [0, 0.05) is 43.8 Å². The second-order valence-electron chi connectivity index (χ2n) is 16.0. The summed E-state index contributed by atoms with van der Waals surface area (Å²) < 4.78 is 9.11. The summed E-state index contributed by atoms with van der Waals surface area (Å²) >= 11 is 0. The fourth-order valence-electron chi connectivity index (χ4n) is 9.49. The van der Waals surface area contributed by atoms with Crippen molar-refractivity contribution >= 4 is 76.1 Å². The lowest BCUT2D eigenvalue weighted by atomic mass is 9.94.